The summed E-state index contributed by atoms with van der Waals surface area (Å²) in [5.74, 6) is 0.0941. The maximum atomic E-state index is 12.6. The molecule has 5 rings (SSSR count). The second-order valence-corrected chi connectivity index (χ2v) is 7.20. The number of allylic oxidation sites excluding steroid dienone is 1. The fourth-order valence-corrected chi connectivity index (χ4v) is 4.92. The molecule has 0 saturated heterocycles. The zero-order valence-electron chi connectivity index (χ0n) is 14.7. The van der Waals surface area contributed by atoms with Crippen LogP contribution in [0.15, 0.2) is 42.1 Å². The van der Waals surface area contributed by atoms with Gasteiger partial charge in [0.2, 0.25) is 0 Å². The lowest BCUT2D eigenvalue weighted by atomic mass is 9.79. The van der Waals surface area contributed by atoms with Crippen LogP contribution in [0.1, 0.15) is 37.1 Å². The van der Waals surface area contributed by atoms with Crippen LogP contribution in [0, 0.1) is 5.92 Å². The molecule has 1 aromatic heterocycles. The van der Waals surface area contributed by atoms with E-state index >= 15 is 0 Å². The van der Waals surface area contributed by atoms with Gasteiger partial charge in [-0.1, -0.05) is 30.7 Å². The lowest BCUT2D eigenvalue weighted by Crippen LogP contribution is -2.41. The maximum Gasteiger partial charge on any atom is 0.354 e. The summed E-state index contributed by atoms with van der Waals surface area (Å²) in [4.78, 5) is 15.1. The minimum atomic E-state index is -0.244. The molecule has 0 spiro atoms. The normalized spacial score (nSPS) is 23.8. The molecule has 0 N–H and O–H groups in total. The molecule has 0 saturated carbocycles. The SMILES string of the molecule is CCC1=CN2CCc3c4n(c5ccccc35)C(C(=O)OC)=C[C@@H](C1)[C@H]42. The molecule has 0 radical (unpaired) electrons. The Hall–Kier alpha value is -2.49. The molecule has 0 fully saturated rings. The van der Waals surface area contributed by atoms with Gasteiger partial charge in [-0.25, -0.2) is 4.79 Å². The Bertz CT molecular complexity index is 950. The molecule has 0 bridgehead atoms. The molecule has 1 aromatic carbocycles. The van der Waals surface area contributed by atoms with Gasteiger partial charge in [0.1, 0.15) is 5.70 Å². The lowest BCUT2D eigenvalue weighted by molar-refractivity contribution is -0.134. The van der Waals surface area contributed by atoms with Crippen molar-refractivity contribution in [3.63, 3.8) is 0 Å². The van der Waals surface area contributed by atoms with Gasteiger partial charge in [-0.05, 0) is 43.2 Å². The van der Waals surface area contributed by atoms with Gasteiger partial charge in [0, 0.05) is 17.8 Å². The molecule has 4 heterocycles. The molecule has 2 aromatic rings. The highest BCUT2D eigenvalue weighted by Gasteiger charge is 2.43. The van der Waals surface area contributed by atoms with Gasteiger partial charge >= 0.3 is 5.97 Å². The molecule has 3 aliphatic heterocycles. The van der Waals surface area contributed by atoms with Gasteiger partial charge in [0.25, 0.3) is 0 Å². The van der Waals surface area contributed by atoms with E-state index in [0.29, 0.717) is 17.7 Å². The summed E-state index contributed by atoms with van der Waals surface area (Å²) in [6.45, 7) is 3.26. The van der Waals surface area contributed by atoms with Crippen molar-refractivity contribution in [2.45, 2.75) is 32.2 Å². The van der Waals surface area contributed by atoms with E-state index in [1.165, 1.54) is 29.3 Å². The zero-order valence-corrected chi connectivity index (χ0v) is 14.7. The fraction of sp³-hybridized carbons (Fsp3) is 0.381. The van der Waals surface area contributed by atoms with Gasteiger partial charge in [0.15, 0.2) is 0 Å². The van der Waals surface area contributed by atoms with Gasteiger partial charge in [-0.3, -0.25) is 0 Å². The average molecular weight is 334 g/mol. The lowest BCUT2D eigenvalue weighted by Gasteiger charge is -2.46. The van der Waals surface area contributed by atoms with Crippen molar-refractivity contribution in [1.82, 2.24) is 9.47 Å². The highest BCUT2D eigenvalue weighted by atomic mass is 16.5. The Morgan fingerprint density at radius 3 is 2.96 bits per heavy atom. The van der Waals surface area contributed by atoms with Crippen LogP contribution in [0.25, 0.3) is 16.6 Å². The molecule has 25 heavy (non-hydrogen) atoms. The number of aromatic nitrogens is 1. The number of benzene rings is 1. The van der Waals surface area contributed by atoms with Gasteiger partial charge in [-0.2, -0.15) is 0 Å². The number of nitrogens with zero attached hydrogens (tertiary/aromatic N) is 2. The number of hydrogen-bond acceptors (Lipinski definition) is 3. The molecule has 4 heteroatoms. The van der Waals surface area contributed by atoms with Crippen LogP contribution < -0.4 is 0 Å². The minimum absolute atomic E-state index is 0.244. The van der Waals surface area contributed by atoms with E-state index in [4.69, 9.17) is 4.74 Å². The molecular weight excluding hydrogens is 312 g/mol. The molecule has 3 aliphatic rings. The van der Waals surface area contributed by atoms with Gasteiger partial charge < -0.3 is 14.2 Å². The Morgan fingerprint density at radius 2 is 2.16 bits per heavy atom. The molecule has 4 nitrogen and oxygen atoms in total. The zero-order chi connectivity index (χ0) is 17.1. The second kappa shape index (κ2) is 5.25. The number of fused-ring (bicyclic) bond motifs is 3. The number of carbonyl (C=O) groups is 1. The Labute approximate surface area is 147 Å². The van der Waals surface area contributed by atoms with Crippen LogP contribution >= 0.6 is 0 Å². The first-order valence-electron chi connectivity index (χ1n) is 9.11. The monoisotopic (exact) mass is 334 g/mol. The number of carbonyl (C=O) groups excluding carboxylic acids is 1. The number of esters is 1. The van der Waals surface area contributed by atoms with Crippen LogP contribution in [0.4, 0.5) is 0 Å². The van der Waals surface area contributed by atoms with E-state index in [0.717, 1.165) is 31.3 Å². The summed E-state index contributed by atoms with van der Waals surface area (Å²) in [6, 6.07) is 8.77. The Morgan fingerprint density at radius 1 is 1.32 bits per heavy atom. The van der Waals surface area contributed by atoms with E-state index in [1.54, 1.807) is 0 Å². The van der Waals surface area contributed by atoms with Crippen LogP contribution in [0.3, 0.4) is 0 Å². The number of hydrogen-bond donors (Lipinski definition) is 0. The van der Waals surface area contributed by atoms with E-state index in [2.05, 4.69) is 46.9 Å². The van der Waals surface area contributed by atoms with Crippen molar-refractivity contribution in [3.05, 3.63) is 53.4 Å². The third-order valence-electron chi connectivity index (χ3n) is 5.99. The Kier molecular flexibility index (Phi) is 3.11. The second-order valence-electron chi connectivity index (χ2n) is 7.20. The summed E-state index contributed by atoms with van der Waals surface area (Å²) < 4.78 is 7.29. The van der Waals surface area contributed by atoms with Crippen molar-refractivity contribution < 1.29 is 9.53 Å². The van der Waals surface area contributed by atoms with Crippen molar-refractivity contribution >= 4 is 22.6 Å². The first-order chi connectivity index (χ1) is 12.2. The largest absolute Gasteiger partial charge is 0.464 e. The molecule has 0 aliphatic carbocycles. The van der Waals surface area contributed by atoms with Crippen molar-refractivity contribution in [3.8, 4) is 0 Å². The summed E-state index contributed by atoms with van der Waals surface area (Å²) in [7, 11) is 1.47. The highest BCUT2D eigenvalue weighted by Crippen LogP contribution is 2.50. The van der Waals surface area contributed by atoms with Crippen LogP contribution in [-0.2, 0) is 16.0 Å². The van der Waals surface area contributed by atoms with Crippen molar-refractivity contribution in [1.29, 1.82) is 0 Å². The number of ether oxygens (including phenoxy) is 1. The third kappa shape index (κ3) is 1.91. The Balaban J connectivity index is 1.82. The van der Waals surface area contributed by atoms with E-state index < -0.39 is 0 Å². The van der Waals surface area contributed by atoms with Gasteiger partial charge in [0.05, 0.1) is 24.4 Å². The molecule has 0 amide bonds. The molecule has 128 valence electrons. The minimum Gasteiger partial charge on any atom is -0.464 e. The van der Waals surface area contributed by atoms with Crippen molar-refractivity contribution in [2.75, 3.05) is 13.7 Å². The summed E-state index contributed by atoms with van der Waals surface area (Å²) in [5, 5.41) is 1.28. The quantitative estimate of drug-likeness (QED) is 0.782. The standard InChI is InChI=1S/C21H22N2O2/c1-3-13-10-14-11-18(21(24)25-2)23-17-7-5-4-6-15(17)16-8-9-22(12-13)19(14)20(16)23/h4-7,11-12,14,19H,3,8-10H2,1-2H3/t14-,19-/m1/s1. The summed E-state index contributed by atoms with van der Waals surface area (Å²) >= 11 is 0. The average Bonchev–Trinajstić information content (AvgIpc) is 3.00. The maximum absolute atomic E-state index is 12.6. The molecule has 0 unspecified atom stereocenters. The summed E-state index contributed by atoms with van der Waals surface area (Å²) in [6.07, 6.45) is 7.63. The number of rotatable bonds is 2. The van der Waals surface area contributed by atoms with E-state index in [-0.39, 0.29) is 5.97 Å². The number of para-hydroxylation sites is 1. The fourth-order valence-electron chi connectivity index (χ4n) is 4.92. The van der Waals surface area contributed by atoms with Crippen LogP contribution in [0.2, 0.25) is 0 Å². The predicted octanol–water partition coefficient (Wildman–Crippen LogP) is 3.88. The third-order valence-corrected chi connectivity index (χ3v) is 5.99. The van der Waals surface area contributed by atoms with E-state index in [9.17, 15) is 4.79 Å². The first-order valence-corrected chi connectivity index (χ1v) is 9.11. The van der Waals surface area contributed by atoms with Crippen LogP contribution in [0.5, 0.6) is 0 Å². The number of methoxy groups -OCH3 is 1. The predicted molar refractivity (Wildman–Crippen MR) is 97.9 cm³/mol. The summed E-state index contributed by atoms with van der Waals surface area (Å²) in [5.41, 5.74) is 5.97. The van der Waals surface area contributed by atoms with Crippen LogP contribution in [-0.4, -0.2) is 29.1 Å². The van der Waals surface area contributed by atoms with E-state index in [1.807, 2.05) is 6.07 Å². The van der Waals surface area contributed by atoms with Crippen molar-refractivity contribution in [2.24, 2.45) is 5.92 Å². The topological polar surface area (TPSA) is 34.5 Å². The smallest absolute Gasteiger partial charge is 0.354 e. The molecule has 2 atom stereocenters. The highest BCUT2D eigenvalue weighted by molar-refractivity contribution is 6.13. The van der Waals surface area contributed by atoms with Gasteiger partial charge in [-0.15, -0.1) is 0 Å². The molecular formula is C21H22N2O2. The first kappa shape index (κ1) is 14.8.